The molecule has 4 fully saturated rings. The van der Waals surface area contributed by atoms with E-state index in [0.717, 1.165) is 19.6 Å². The Morgan fingerprint density at radius 1 is 1.06 bits per heavy atom. The molecule has 1 amide bonds. The van der Waals surface area contributed by atoms with Crippen LogP contribution < -0.4 is 4.74 Å². The molecule has 0 unspecified atom stereocenters. The Balaban J connectivity index is 1.09. The molecule has 1 N–H and O–H groups in total. The first-order chi connectivity index (χ1) is 16.1. The molecule has 2 bridgehead atoms. The molecule has 34 heavy (non-hydrogen) atoms. The van der Waals surface area contributed by atoms with E-state index in [2.05, 4.69) is 9.88 Å². The van der Waals surface area contributed by atoms with Gasteiger partial charge in [-0.2, -0.15) is 0 Å². The number of benzene rings is 1. The van der Waals surface area contributed by atoms with Gasteiger partial charge in [-0.05, 0) is 69.7 Å². The number of rotatable bonds is 6. The van der Waals surface area contributed by atoms with E-state index in [1.54, 1.807) is 6.07 Å². The number of aromatic nitrogens is 1. The molecule has 6 rings (SSSR count). The van der Waals surface area contributed by atoms with Gasteiger partial charge in [-0.3, -0.25) is 9.88 Å². The molecule has 2 heterocycles. The monoisotopic (exact) mass is 467 g/mol. The SMILES string of the molecule is CC(C)(C)OC(=O)N1CCN(CC23CC(COc4ccc5nccc(C(=O)O)c5c4)(C2)C3)CC1. The highest BCUT2D eigenvalue weighted by molar-refractivity contribution is 6.02. The van der Waals surface area contributed by atoms with Crippen LogP contribution in [0.1, 0.15) is 50.4 Å². The van der Waals surface area contributed by atoms with Crippen LogP contribution in [0.3, 0.4) is 0 Å². The summed E-state index contributed by atoms with van der Waals surface area (Å²) in [5.41, 5.74) is 1.08. The number of hydrogen-bond acceptors (Lipinski definition) is 6. The maximum Gasteiger partial charge on any atom is 0.410 e. The van der Waals surface area contributed by atoms with Crippen molar-refractivity contribution < 1.29 is 24.2 Å². The maximum absolute atomic E-state index is 12.3. The Morgan fingerprint density at radius 2 is 1.76 bits per heavy atom. The Kier molecular flexibility index (Phi) is 5.47. The van der Waals surface area contributed by atoms with Gasteiger partial charge in [-0.1, -0.05) is 0 Å². The van der Waals surface area contributed by atoms with E-state index in [9.17, 15) is 14.7 Å². The molecule has 2 aromatic rings. The van der Waals surface area contributed by atoms with Crippen molar-refractivity contribution >= 4 is 23.0 Å². The highest BCUT2D eigenvalue weighted by Crippen LogP contribution is 2.73. The first-order valence-electron chi connectivity index (χ1n) is 12.0. The van der Waals surface area contributed by atoms with Crippen LogP contribution in [0, 0.1) is 10.8 Å². The summed E-state index contributed by atoms with van der Waals surface area (Å²) < 4.78 is 11.6. The first-order valence-corrected chi connectivity index (χ1v) is 12.0. The number of fused-ring (bicyclic) bond motifs is 1. The lowest BCUT2D eigenvalue weighted by atomic mass is 9.35. The summed E-state index contributed by atoms with van der Waals surface area (Å²) in [6.45, 7) is 10.7. The second kappa shape index (κ2) is 8.12. The van der Waals surface area contributed by atoms with Crippen molar-refractivity contribution in [3.8, 4) is 5.75 Å². The summed E-state index contributed by atoms with van der Waals surface area (Å²) in [7, 11) is 0. The molecular formula is C26H33N3O5. The smallest absolute Gasteiger partial charge is 0.410 e. The highest BCUT2D eigenvalue weighted by atomic mass is 16.6. The van der Waals surface area contributed by atoms with E-state index in [1.165, 1.54) is 31.5 Å². The lowest BCUT2D eigenvalue weighted by Gasteiger charge is -2.71. The largest absolute Gasteiger partial charge is 0.493 e. The van der Waals surface area contributed by atoms with E-state index in [-0.39, 0.29) is 17.1 Å². The summed E-state index contributed by atoms with van der Waals surface area (Å²) in [6, 6.07) is 6.99. The van der Waals surface area contributed by atoms with E-state index in [4.69, 9.17) is 9.47 Å². The summed E-state index contributed by atoms with van der Waals surface area (Å²) in [6.07, 6.45) is 4.81. The third-order valence-electron chi connectivity index (χ3n) is 7.32. The lowest BCUT2D eigenvalue weighted by molar-refractivity contribution is -0.228. The van der Waals surface area contributed by atoms with Gasteiger partial charge in [0.1, 0.15) is 11.4 Å². The maximum atomic E-state index is 12.3. The van der Waals surface area contributed by atoms with Gasteiger partial charge in [-0.15, -0.1) is 0 Å². The molecule has 0 spiro atoms. The Morgan fingerprint density at radius 3 is 2.41 bits per heavy atom. The minimum Gasteiger partial charge on any atom is -0.493 e. The quantitative estimate of drug-likeness (QED) is 0.686. The van der Waals surface area contributed by atoms with Gasteiger partial charge in [-0.25, -0.2) is 9.59 Å². The van der Waals surface area contributed by atoms with Gasteiger partial charge in [0.25, 0.3) is 0 Å². The van der Waals surface area contributed by atoms with Gasteiger partial charge >= 0.3 is 12.1 Å². The minimum absolute atomic E-state index is 0.214. The molecule has 3 saturated carbocycles. The first kappa shape index (κ1) is 22.9. The predicted molar refractivity (Wildman–Crippen MR) is 127 cm³/mol. The molecule has 3 aliphatic carbocycles. The van der Waals surface area contributed by atoms with Crippen molar-refractivity contribution in [2.24, 2.45) is 10.8 Å². The zero-order valence-electron chi connectivity index (χ0n) is 20.2. The fourth-order valence-corrected chi connectivity index (χ4v) is 6.08. The molecule has 1 aromatic heterocycles. The number of carbonyl (C=O) groups excluding carboxylic acids is 1. The Labute approximate surface area is 199 Å². The molecular weight excluding hydrogens is 434 g/mol. The average Bonchev–Trinajstić information content (AvgIpc) is 2.73. The van der Waals surface area contributed by atoms with Gasteiger partial charge in [0, 0.05) is 49.7 Å². The molecule has 0 atom stereocenters. The zero-order chi connectivity index (χ0) is 24.1. The summed E-state index contributed by atoms with van der Waals surface area (Å²) >= 11 is 0. The molecule has 1 saturated heterocycles. The number of hydrogen-bond donors (Lipinski definition) is 1. The van der Waals surface area contributed by atoms with Gasteiger partial charge in [0.15, 0.2) is 0 Å². The molecule has 0 radical (unpaired) electrons. The van der Waals surface area contributed by atoms with E-state index >= 15 is 0 Å². The molecule has 8 heteroatoms. The summed E-state index contributed by atoms with van der Waals surface area (Å²) in [5.74, 6) is -0.266. The average molecular weight is 468 g/mol. The van der Waals surface area contributed by atoms with E-state index in [1.807, 2.05) is 37.8 Å². The van der Waals surface area contributed by atoms with E-state index < -0.39 is 11.6 Å². The number of nitrogens with zero attached hydrogens (tertiary/aromatic N) is 3. The van der Waals surface area contributed by atoms with Crippen molar-refractivity contribution in [3.63, 3.8) is 0 Å². The molecule has 8 nitrogen and oxygen atoms in total. The van der Waals surface area contributed by atoms with Gasteiger partial charge in [0.05, 0.1) is 17.7 Å². The van der Waals surface area contributed by atoms with Crippen LogP contribution in [-0.2, 0) is 4.74 Å². The van der Waals surface area contributed by atoms with Crippen molar-refractivity contribution in [3.05, 3.63) is 36.0 Å². The number of carbonyl (C=O) groups is 2. The fraction of sp³-hybridized carbons (Fsp3) is 0.577. The van der Waals surface area contributed by atoms with Crippen molar-refractivity contribution in [2.45, 2.75) is 45.6 Å². The molecule has 1 aromatic carbocycles. The third-order valence-corrected chi connectivity index (χ3v) is 7.32. The number of aromatic carboxylic acids is 1. The summed E-state index contributed by atoms with van der Waals surface area (Å²) in [4.78, 5) is 32.3. The van der Waals surface area contributed by atoms with Crippen LogP contribution >= 0.6 is 0 Å². The Bertz CT molecular complexity index is 1100. The van der Waals surface area contributed by atoms with Crippen molar-refractivity contribution in [1.29, 1.82) is 0 Å². The van der Waals surface area contributed by atoms with Crippen molar-refractivity contribution in [1.82, 2.24) is 14.8 Å². The van der Waals surface area contributed by atoms with E-state index in [0.29, 0.717) is 41.8 Å². The van der Waals surface area contributed by atoms with Crippen LogP contribution in [0.25, 0.3) is 10.9 Å². The zero-order valence-corrected chi connectivity index (χ0v) is 20.2. The van der Waals surface area contributed by atoms with Crippen molar-refractivity contribution in [2.75, 3.05) is 39.3 Å². The molecule has 4 aliphatic rings. The van der Waals surface area contributed by atoms with Crippen LogP contribution in [0.15, 0.2) is 30.5 Å². The second-order valence-electron chi connectivity index (χ2n) is 11.4. The number of carboxylic acids is 1. The Hall–Kier alpha value is -2.87. The number of carboxylic acid groups (broad SMARTS) is 1. The van der Waals surface area contributed by atoms with Crippen LogP contribution in [0.5, 0.6) is 5.75 Å². The highest BCUT2D eigenvalue weighted by Gasteiger charge is 2.68. The third kappa shape index (κ3) is 4.43. The standard InChI is InChI=1S/C26H33N3O5/c1-24(2,3)34-23(32)29-10-8-28(9-11-29)16-25-13-26(14-25,15-25)17-33-18-4-5-21-20(12-18)19(22(30)31)6-7-27-21/h4-7,12H,8-11,13-17H2,1-3H3,(H,30,31). The fourth-order valence-electron chi connectivity index (χ4n) is 6.08. The lowest BCUT2D eigenvalue weighted by Crippen LogP contribution is -2.68. The predicted octanol–water partition coefficient (Wildman–Crippen LogP) is 4.03. The minimum atomic E-state index is -0.960. The van der Waals surface area contributed by atoms with Crippen LogP contribution in [0.2, 0.25) is 0 Å². The number of amides is 1. The van der Waals surface area contributed by atoms with Crippen LogP contribution in [-0.4, -0.2) is 76.9 Å². The second-order valence-corrected chi connectivity index (χ2v) is 11.4. The number of piperazine rings is 1. The number of ether oxygens (including phenoxy) is 2. The van der Waals surface area contributed by atoms with Crippen LogP contribution in [0.4, 0.5) is 4.79 Å². The summed E-state index contributed by atoms with van der Waals surface area (Å²) in [5, 5.41) is 10.0. The topological polar surface area (TPSA) is 92.2 Å². The van der Waals surface area contributed by atoms with Gasteiger partial charge in [0.2, 0.25) is 0 Å². The molecule has 182 valence electrons. The number of pyridine rings is 1. The normalized spacial score (nSPS) is 26.5. The van der Waals surface area contributed by atoms with Gasteiger partial charge < -0.3 is 19.5 Å². The molecule has 1 aliphatic heterocycles.